The zero-order chi connectivity index (χ0) is 21.1. The summed E-state index contributed by atoms with van der Waals surface area (Å²) < 4.78 is 32.9. The molecule has 8 heteroatoms. The first kappa shape index (κ1) is 20.3. The molecule has 0 radical (unpaired) electrons. The number of anilines is 1. The molecule has 3 aromatic rings. The number of carbonyl (C=O) groups is 1. The van der Waals surface area contributed by atoms with Gasteiger partial charge in [0.05, 0.1) is 17.6 Å². The lowest BCUT2D eigenvalue weighted by Gasteiger charge is -2.26. The Morgan fingerprint density at radius 2 is 1.90 bits per heavy atom. The Labute approximate surface area is 175 Å². The highest BCUT2D eigenvalue weighted by molar-refractivity contribution is 7.89. The van der Waals surface area contributed by atoms with Gasteiger partial charge in [-0.05, 0) is 43.2 Å². The lowest BCUT2D eigenvalue weighted by atomic mass is 10.1. The summed E-state index contributed by atoms with van der Waals surface area (Å²) in [6, 6.07) is 11.8. The second kappa shape index (κ2) is 8.41. The van der Waals surface area contributed by atoms with Crippen molar-refractivity contribution in [1.82, 2.24) is 9.29 Å². The Bertz CT molecular complexity index is 1180. The highest BCUT2D eigenvalue weighted by atomic mass is 32.2. The quantitative estimate of drug-likeness (QED) is 0.674. The number of sulfonamides is 1. The van der Waals surface area contributed by atoms with Gasteiger partial charge in [-0.3, -0.25) is 9.78 Å². The van der Waals surface area contributed by atoms with E-state index in [0.29, 0.717) is 24.5 Å². The fraction of sp³-hybridized carbons (Fsp3) is 0.273. The molecule has 0 atom stereocenters. The number of aromatic nitrogens is 1. The number of pyridine rings is 1. The lowest BCUT2D eigenvalue weighted by Crippen LogP contribution is -2.35. The molecule has 1 saturated heterocycles. The van der Waals surface area contributed by atoms with E-state index in [2.05, 4.69) is 10.3 Å². The van der Waals surface area contributed by atoms with E-state index in [1.54, 1.807) is 18.5 Å². The highest BCUT2D eigenvalue weighted by Gasteiger charge is 2.27. The van der Waals surface area contributed by atoms with E-state index < -0.39 is 15.9 Å². The molecule has 30 heavy (non-hydrogen) atoms. The van der Waals surface area contributed by atoms with Crippen LogP contribution in [0.15, 0.2) is 59.8 Å². The molecular weight excluding hydrogens is 402 g/mol. The van der Waals surface area contributed by atoms with Crippen LogP contribution >= 0.6 is 0 Å². The number of fused-ring (bicyclic) bond motifs is 1. The molecule has 1 N–H and O–H groups in total. The maximum absolute atomic E-state index is 13.1. The standard InChI is InChI=1S/C22H23N3O4S/c1-29-21-9-8-17(30(27,28)25-12-3-2-4-13-25)14-19(21)22(26)24-20-7-5-6-16-15-23-11-10-18(16)20/h5-11,14-15H,2-4,12-13H2,1H3,(H,24,26). The van der Waals surface area contributed by atoms with Crippen molar-refractivity contribution in [3.63, 3.8) is 0 Å². The maximum Gasteiger partial charge on any atom is 0.259 e. The molecule has 1 aliphatic heterocycles. The van der Waals surface area contributed by atoms with Gasteiger partial charge in [-0.15, -0.1) is 0 Å². The second-order valence-corrected chi connectivity index (χ2v) is 9.12. The molecule has 156 valence electrons. The third-order valence-corrected chi connectivity index (χ3v) is 7.19. The van der Waals surface area contributed by atoms with Crippen LogP contribution in [-0.2, 0) is 10.0 Å². The molecule has 4 rings (SSSR count). The van der Waals surface area contributed by atoms with Crippen LogP contribution in [0.2, 0.25) is 0 Å². The molecule has 0 saturated carbocycles. The fourth-order valence-corrected chi connectivity index (χ4v) is 5.24. The number of amides is 1. The summed E-state index contributed by atoms with van der Waals surface area (Å²) in [5, 5.41) is 4.62. The normalized spacial score (nSPS) is 15.1. The van der Waals surface area contributed by atoms with Crippen molar-refractivity contribution in [2.24, 2.45) is 0 Å². The zero-order valence-electron chi connectivity index (χ0n) is 16.7. The molecular formula is C22H23N3O4S. The first-order chi connectivity index (χ1) is 14.5. The molecule has 0 aliphatic carbocycles. The molecule has 1 aliphatic rings. The average molecular weight is 426 g/mol. The zero-order valence-corrected chi connectivity index (χ0v) is 17.5. The van der Waals surface area contributed by atoms with E-state index >= 15 is 0 Å². The van der Waals surface area contributed by atoms with Crippen LogP contribution in [0.25, 0.3) is 10.8 Å². The van der Waals surface area contributed by atoms with Gasteiger partial charge in [0, 0.05) is 41.9 Å². The molecule has 2 aromatic carbocycles. The number of rotatable bonds is 5. The number of ether oxygens (including phenoxy) is 1. The SMILES string of the molecule is COc1ccc(S(=O)(=O)N2CCCCC2)cc1C(=O)Nc1cccc2cnccc12. The smallest absolute Gasteiger partial charge is 0.259 e. The monoisotopic (exact) mass is 425 g/mol. The lowest BCUT2D eigenvalue weighted by molar-refractivity contribution is 0.102. The summed E-state index contributed by atoms with van der Waals surface area (Å²) in [6.45, 7) is 1.000. The van der Waals surface area contributed by atoms with E-state index in [0.717, 1.165) is 30.0 Å². The number of nitrogens with one attached hydrogen (secondary N) is 1. The Hall–Kier alpha value is -2.97. The van der Waals surface area contributed by atoms with Crippen molar-refractivity contribution < 1.29 is 17.9 Å². The number of hydrogen-bond donors (Lipinski definition) is 1. The Morgan fingerprint density at radius 1 is 1.10 bits per heavy atom. The van der Waals surface area contributed by atoms with Gasteiger partial charge in [-0.2, -0.15) is 4.31 Å². The van der Waals surface area contributed by atoms with Crippen molar-refractivity contribution in [3.05, 3.63) is 60.4 Å². The molecule has 0 bridgehead atoms. The van der Waals surface area contributed by atoms with E-state index in [1.807, 2.05) is 18.2 Å². The summed E-state index contributed by atoms with van der Waals surface area (Å²) in [5.41, 5.74) is 0.785. The van der Waals surface area contributed by atoms with Gasteiger partial charge in [0.1, 0.15) is 5.75 Å². The van der Waals surface area contributed by atoms with Crippen molar-refractivity contribution in [3.8, 4) is 5.75 Å². The van der Waals surface area contributed by atoms with Gasteiger partial charge >= 0.3 is 0 Å². The molecule has 2 heterocycles. The van der Waals surface area contributed by atoms with Crippen LogP contribution in [-0.4, -0.2) is 43.8 Å². The first-order valence-electron chi connectivity index (χ1n) is 9.83. The molecule has 1 fully saturated rings. The minimum atomic E-state index is -3.66. The number of methoxy groups -OCH3 is 1. The van der Waals surface area contributed by atoms with Gasteiger partial charge in [0.25, 0.3) is 5.91 Å². The van der Waals surface area contributed by atoms with Gasteiger partial charge in [0.2, 0.25) is 10.0 Å². The minimum absolute atomic E-state index is 0.0949. The summed E-state index contributed by atoms with van der Waals surface area (Å²) >= 11 is 0. The van der Waals surface area contributed by atoms with E-state index in [4.69, 9.17) is 4.74 Å². The second-order valence-electron chi connectivity index (χ2n) is 7.18. The van der Waals surface area contributed by atoms with Gasteiger partial charge in [-0.25, -0.2) is 8.42 Å². The Balaban J connectivity index is 1.69. The van der Waals surface area contributed by atoms with Crippen LogP contribution in [0.3, 0.4) is 0 Å². The van der Waals surface area contributed by atoms with E-state index in [9.17, 15) is 13.2 Å². The van der Waals surface area contributed by atoms with Crippen LogP contribution in [0.4, 0.5) is 5.69 Å². The van der Waals surface area contributed by atoms with E-state index in [-0.39, 0.29) is 10.5 Å². The molecule has 1 aromatic heterocycles. The van der Waals surface area contributed by atoms with Crippen molar-refractivity contribution >= 4 is 32.4 Å². The average Bonchev–Trinajstić information content (AvgIpc) is 2.79. The minimum Gasteiger partial charge on any atom is -0.496 e. The summed E-state index contributed by atoms with van der Waals surface area (Å²) in [4.78, 5) is 17.3. The van der Waals surface area contributed by atoms with E-state index in [1.165, 1.54) is 29.6 Å². The Morgan fingerprint density at radius 3 is 2.67 bits per heavy atom. The van der Waals surface area contributed by atoms with Crippen molar-refractivity contribution in [2.45, 2.75) is 24.2 Å². The number of piperidine rings is 1. The predicted octanol–water partition coefficient (Wildman–Crippen LogP) is 3.67. The van der Waals surface area contributed by atoms with Gasteiger partial charge in [0.15, 0.2) is 0 Å². The number of nitrogens with zero attached hydrogens (tertiary/aromatic N) is 2. The number of carbonyl (C=O) groups excluding carboxylic acids is 1. The summed E-state index contributed by atoms with van der Waals surface area (Å²) in [7, 11) is -2.21. The number of benzene rings is 2. The maximum atomic E-state index is 13.1. The van der Waals surface area contributed by atoms with Crippen LogP contribution in [0, 0.1) is 0 Å². The fourth-order valence-electron chi connectivity index (χ4n) is 3.70. The number of hydrogen-bond acceptors (Lipinski definition) is 5. The largest absolute Gasteiger partial charge is 0.496 e. The van der Waals surface area contributed by atoms with Gasteiger partial charge < -0.3 is 10.1 Å². The summed E-state index contributed by atoms with van der Waals surface area (Å²) in [6.07, 6.45) is 6.10. The van der Waals surface area contributed by atoms with Crippen LogP contribution < -0.4 is 10.1 Å². The van der Waals surface area contributed by atoms with Crippen molar-refractivity contribution in [2.75, 3.05) is 25.5 Å². The molecule has 1 amide bonds. The Kier molecular flexibility index (Phi) is 5.69. The third kappa shape index (κ3) is 3.88. The van der Waals surface area contributed by atoms with Crippen LogP contribution in [0.1, 0.15) is 29.6 Å². The molecule has 7 nitrogen and oxygen atoms in total. The van der Waals surface area contributed by atoms with Crippen molar-refractivity contribution in [1.29, 1.82) is 0 Å². The summed E-state index contributed by atoms with van der Waals surface area (Å²) in [5.74, 6) is -0.126. The third-order valence-electron chi connectivity index (χ3n) is 5.30. The first-order valence-corrected chi connectivity index (χ1v) is 11.3. The molecule has 0 spiro atoms. The highest BCUT2D eigenvalue weighted by Crippen LogP contribution is 2.28. The topological polar surface area (TPSA) is 88.6 Å². The predicted molar refractivity (Wildman–Crippen MR) is 115 cm³/mol. The van der Waals surface area contributed by atoms with Gasteiger partial charge in [-0.1, -0.05) is 18.6 Å². The van der Waals surface area contributed by atoms with Crippen LogP contribution in [0.5, 0.6) is 5.75 Å². The molecule has 0 unspecified atom stereocenters.